The Morgan fingerprint density at radius 3 is 2.47 bits per heavy atom. The summed E-state index contributed by atoms with van der Waals surface area (Å²) in [5.41, 5.74) is -1.19. The molecule has 0 atom stereocenters. The van der Waals surface area contributed by atoms with Crippen LogP contribution in [0.2, 0.25) is 0 Å². The average molecular weight is 270 g/mol. The minimum atomic E-state index is -1.11. The fraction of sp³-hybridized carbons (Fsp3) is 0.500. The van der Waals surface area contributed by atoms with Crippen LogP contribution in [0.15, 0.2) is 12.1 Å². The van der Waals surface area contributed by atoms with Crippen LogP contribution in [0.4, 0.5) is 8.78 Å². The molecule has 1 aromatic carbocycles. The summed E-state index contributed by atoms with van der Waals surface area (Å²) in [4.78, 5) is 12.4. The Labute approximate surface area is 110 Å². The predicted molar refractivity (Wildman–Crippen MR) is 65.2 cm³/mol. The van der Waals surface area contributed by atoms with Crippen molar-refractivity contribution in [2.75, 3.05) is 20.3 Å². The normalized spacial score (nSPS) is 18.3. The van der Waals surface area contributed by atoms with Gasteiger partial charge in [-0.1, -0.05) is 6.07 Å². The van der Waals surface area contributed by atoms with Gasteiger partial charge in [0, 0.05) is 33.2 Å². The number of benzene rings is 1. The van der Waals surface area contributed by atoms with Gasteiger partial charge < -0.3 is 9.47 Å². The molecule has 0 aromatic heterocycles. The molecule has 104 valence electrons. The van der Waals surface area contributed by atoms with Crippen molar-refractivity contribution in [3.63, 3.8) is 0 Å². The molecular weight excluding hydrogens is 254 g/mol. The molecule has 0 aliphatic carbocycles. The summed E-state index contributed by atoms with van der Waals surface area (Å²) in [6.07, 6.45) is 0.689. The van der Waals surface area contributed by atoms with E-state index in [1.54, 1.807) is 0 Å². The van der Waals surface area contributed by atoms with Crippen molar-refractivity contribution in [2.24, 2.45) is 0 Å². The highest BCUT2D eigenvalue weighted by molar-refractivity contribution is 6.02. The van der Waals surface area contributed by atoms with E-state index in [-0.39, 0.29) is 11.1 Å². The van der Waals surface area contributed by atoms with E-state index in [2.05, 4.69) is 0 Å². The minimum absolute atomic E-state index is 0.174. The van der Waals surface area contributed by atoms with Gasteiger partial charge in [-0.25, -0.2) is 8.78 Å². The molecule has 2 rings (SSSR count). The smallest absolute Gasteiger partial charge is 0.197 e. The van der Waals surface area contributed by atoms with Crippen molar-refractivity contribution < 1.29 is 23.0 Å². The van der Waals surface area contributed by atoms with Crippen molar-refractivity contribution in [3.05, 3.63) is 34.9 Å². The Hall–Kier alpha value is -1.33. The molecule has 0 spiro atoms. The van der Waals surface area contributed by atoms with Crippen LogP contribution in [0.25, 0.3) is 0 Å². The Bertz CT molecular complexity index is 494. The quantitative estimate of drug-likeness (QED) is 0.792. The van der Waals surface area contributed by atoms with Gasteiger partial charge >= 0.3 is 0 Å². The maximum absolute atomic E-state index is 13.9. The number of carbonyl (C=O) groups is 1. The zero-order valence-electron chi connectivity index (χ0n) is 11.0. The van der Waals surface area contributed by atoms with Crippen LogP contribution in [0.1, 0.15) is 28.8 Å². The fourth-order valence-electron chi connectivity index (χ4n) is 2.29. The Morgan fingerprint density at radius 2 is 1.89 bits per heavy atom. The molecule has 5 heteroatoms. The van der Waals surface area contributed by atoms with Crippen LogP contribution in [0.5, 0.6) is 0 Å². The monoisotopic (exact) mass is 270 g/mol. The van der Waals surface area contributed by atoms with Gasteiger partial charge in [0.2, 0.25) is 0 Å². The molecule has 0 saturated carbocycles. The van der Waals surface area contributed by atoms with E-state index in [9.17, 15) is 13.6 Å². The summed E-state index contributed by atoms with van der Waals surface area (Å²) < 4.78 is 37.9. The van der Waals surface area contributed by atoms with Gasteiger partial charge in [-0.05, 0) is 18.6 Å². The van der Waals surface area contributed by atoms with Crippen molar-refractivity contribution in [3.8, 4) is 0 Å². The number of methoxy groups -OCH3 is 1. The van der Waals surface area contributed by atoms with Crippen LogP contribution < -0.4 is 0 Å². The number of ether oxygens (including phenoxy) is 2. The van der Waals surface area contributed by atoms with E-state index in [0.717, 1.165) is 0 Å². The summed E-state index contributed by atoms with van der Waals surface area (Å²) in [7, 11) is 1.41. The van der Waals surface area contributed by atoms with Crippen molar-refractivity contribution in [2.45, 2.75) is 25.4 Å². The molecule has 1 aliphatic heterocycles. The second-order valence-corrected chi connectivity index (χ2v) is 4.70. The number of carbonyl (C=O) groups excluding carboxylic acids is 1. The third-order valence-corrected chi connectivity index (χ3v) is 3.63. The number of aryl methyl sites for hydroxylation is 1. The molecule has 1 fully saturated rings. The van der Waals surface area contributed by atoms with Crippen molar-refractivity contribution >= 4 is 5.78 Å². The van der Waals surface area contributed by atoms with E-state index < -0.39 is 23.0 Å². The molecule has 1 saturated heterocycles. The first-order valence-electron chi connectivity index (χ1n) is 6.14. The van der Waals surface area contributed by atoms with E-state index in [0.29, 0.717) is 26.1 Å². The van der Waals surface area contributed by atoms with E-state index in [4.69, 9.17) is 9.47 Å². The van der Waals surface area contributed by atoms with Gasteiger partial charge in [0.05, 0.1) is 5.56 Å². The Morgan fingerprint density at radius 1 is 1.26 bits per heavy atom. The third-order valence-electron chi connectivity index (χ3n) is 3.63. The average Bonchev–Trinajstić information content (AvgIpc) is 2.45. The molecule has 0 bridgehead atoms. The van der Waals surface area contributed by atoms with Gasteiger partial charge in [0.25, 0.3) is 0 Å². The molecule has 0 unspecified atom stereocenters. The summed E-state index contributed by atoms with van der Waals surface area (Å²) >= 11 is 0. The van der Waals surface area contributed by atoms with Crippen LogP contribution >= 0.6 is 0 Å². The lowest BCUT2D eigenvalue weighted by Gasteiger charge is -2.34. The molecule has 19 heavy (non-hydrogen) atoms. The molecule has 0 amide bonds. The maximum atomic E-state index is 13.9. The second kappa shape index (κ2) is 5.35. The number of halogens is 2. The van der Waals surface area contributed by atoms with Crippen LogP contribution in [-0.4, -0.2) is 31.7 Å². The highest BCUT2D eigenvalue weighted by Gasteiger charge is 2.42. The molecule has 1 heterocycles. The Balaban J connectivity index is 2.40. The maximum Gasteiger partial charge on any atom is 0.197 e. The zero-order chi connectivity index (χ0) is 14.0. The third kappa shape index (κ3) is 2.40. The summed E-state index contributed by atoms with van der Waals surface area (Å²) in [6, 6.07) is 2.71. The Kier molecular flexibility index (Phi) is 3.96. The highest BCUT2D eigenvalue weighted by atomic mass is 19.2. The lowest BCUT2D eigenvalue weighted by Crippen LogP contribution is -2.46. The largest absolute Gasteiger partial charge is 0.381 e. The number of rotatable bonds is 3. The number of Topliss-reactive ketones (excluding diaryl/α,β-unsaturated/α-hetero) is 1. The summed E-state index contributed by atoms with van der Waals surface area (Å²) in [5, 5.41) is 0. The van der Waals surface area contributed by atoms with E-state index in [1.807, 2.05) is 0 Å². The predicted octanol–water partition coefficient (Wildman–Crippen LogP) is 2.65. The van der Waals surface area contributed by atoms with E-state index >= 15 is 0 Å². The van der Waals surface area contributed by atoms with Crippen LogP contribution in [0.3, 0.4) is 0 Å². The van der Waals surface area contributed by atoms with Gasteiger partial charge in [-0.2, -0.15) is 0 Å². The summed E-state index contributed by atoms with van der Waals surface area (Å²) in [6.45, 7) is 2.19. The molecule has 3 nitrogen and oxygen atoms in total. The highest BCUT2D eigenvalue weighted by Crippen LogP contribution is 2.30. The minimum Gasteiger partial charge on any atom is -0.381 e. The molecule has 0 radical (unpaired) electrons. The van der Waals surface area contributed by atoms with E-state index in [1.165, 1.54) is 26.2 Å². The zero-order valence-corrected chi connectivity index (χ0v) is 11.0. The molecule has 1 aromatic rings. The molecule has 0 N–H and O–H groups in total. The van der Waals surface area contributed by atoms with Gasteiger partial charge in [-0.3, -0.25) is 4.79 Å². The molecular formula is C14H16F2O3. The lowest BCUT2D eigenvalue weighted by atomic mass is 9.85. The standard InChI is InChI=1S/C14H16F2O3/c1-9-3-4-10(12(16)11(9)15)13(17)14(18-2)5-7-19-8-6-14/h3-4H,5-8H2,1-2H3. The first-order chi connectivity index (χ1) is 9.02. The van der Waals surface area contributed by atoms with Crippen LogP contribution in [-0.2, 0) is 9.47 Å². The first-order valence-corrected chi connectivity index (χ1v) is 6.14. The fourth-order valence-corrected chi connectivity index (χ4v) is 2.29. The first kappa shape index (κ1) is 14.1. The summed E-state index contributed by atoms with van der Waals surface area (Å²) in [5.74, 6) is -2.60. The lowest BCUT2D eigenvalue weighted by molar-refractivity contribution is -0.0665. The van der Waals surface area contributed by atoms with Gasteiger partial charge in [0.1, 0.15) is 5.60 Å². The van der Waals surface area contributed by atoms with Crippen molar-refractivity contribution in [1.82, 2.24) is 0 Å². The van der Waals surface area contributed by atoms with Crippen LogP contribution in [0, 0.1) is 18.6 Å². The number of ketones is 1. The van der Waals surface area contributed by atoms with Gasteiger partial charge in [0.15, 0.2) is 17.4 Å². The second-order valence-electron chi connectivity index (χ2n) is 4.70. The number of hydrogen-bond donors (Lipinski definition) is 0. The molecule has 1 aliphatic rings. The van der Waals surface area contributed by atoms with Gasteiger partial charge in [-0.15, -0.1) is 0 Å². The number of hydrogen-bond acceptors (Lipinski definition) is 3. The topological polar surface area (TPSA) is 35.5 Å². The van der Waals surface area contributed by atoms with Crippen molar-refractivity contribution in [1.29, 1.82) is 0 Å². The SMILES string of the molecule is COC1(C(=O)c2ccc(C)c(F)c2F)CCOCC1.